The quantitative estimate of drug-likeness (QED) is 0.316. The van der Waals surface area contributed by atoms with Crippen molar-refractivity contribution in [2.75, 3.05) is 13.7 Å². The summed E-state index contributed by atoms with van der Waals surface area (Å²) in [6.07, 6.45) is 1.85. The van der Waals surface area contributed by atoms with Gasteiger partial charge < -0.3 is 19.5 Å². The Hall–Kier alpha value is -3.76. The molecule has 1 N–H and O–H groups in total. The van der Waals surface area contributed by atoms with E-state index in [4.69, 9.17) is 14.2 Å². The molecule has 0 saturated heterocycles. The van der Waals surface area contributed by atoms with Crippen molar-refractivity contribution in [3.05, 3.63) is 125 Å². The monoisotopic (exact) mass is 465 g/mol. The van der Waals surface area contributed by atoms with E-state index in [1.807, 2.05) is 42.5 Å². The number of fused-ring (bicyclic) bond motifs is 1. The molecule has 4 aromatic carbocycles. The van der Waals surface area contributed by atoms with Crippen LogP contribution >= 0.6 is 0 Å². The van der Waals surface area contributed by atoms with Crippen LogP contribution in [0.4, 0.5) is 0 Å². The summed E-state index contributed by atoms with van der Waals surface area (Å²) in [5.41, 5.74) is 6.13. The van der Waals surface area contributed by atoms with Crippen molar-refractivity contribution in [2.45, 2.75) is 32.1 Å². The first kappa shape index (κ1) is 23.0. The Labute approximate surface area is 207 Å². The van der Waals surface area contributed by atoms with E-state index in [-0.39, 0.29) is 6.04 Å². The highest BCUT2D eigenvalue weighted by Gasteiger charge is 2.23. The molecule has 35 heavy (non-hydrogen) atoms. The zero-order valence-electron chi connectivity index (χ0n) is 20.1. The Kier molecular flexibility index (Phi) is 7.30. The van der Waals surface area contributed by atoms with E-state index in [1.54, 1.807) is 7.11 Å². The molecule has 0 bridgehead atoms. The average Bonchev–Trinajstić information content (AvgIpc) is 2.92. The number of rotatable bonds is 9. The van der Waals surface area contributed by atoms with Crippen LogP contribution in [0.5, 0.6) is 17.2 Å². The van der Waals surface area contributed by atoms with E-state index in [0.29, 0.717) is 13.2 Å². The third-order valence-electron chi connectivity index (χ3n) is 6.41. The minimum absolute atomic E-state index is 0.202. The third-order valence-corrected chi connectivity index (χ3v) is 6.41. The van der Waals surface area contributed by atoms with Crippen molar-refractivity contribution in [1.29, 1.82) is 0 Å². The van der Waals surface area contributed by atoms with Crippen LogP contribution in [-0.4, -0.2) is 13.7 Å². The predicted molar refractivity (Wildman–Crippen MR) is 139 cm³/mol. The zero-order chi connectivity index (χ0) is 23.9. The smallest absolute Gasteiger partial charge is 0.162 e. The lowest BCUT2D eigenvalue weighted by Crippen LogP contribution is -2.31. The van der Waals surface area contributed by atoms with E-state index in [0.717, 1.165) is 47.8 Å². The summed E-state index contributed by atoms with van der Waals surface area (Å²) < 4.78 is 17.9. The zero-order valence-corrected chi connectivity index (χ0v) is 20.1. The van der Waals surface area contributed by atoms with E-state index < -0.39 is 0 Å². The van der Waals surface area contributed by atoms with Crippen LogP contribution < -0.4 is 19.5 Å². The first-order chi connectivity index (χ1) is 17.3. The first-order valence-electron chi connectivity index (χ1n) is 12.1. The second kappa shape index (κ2) is 11.1. The molecule has 4 nitrogen and oxygen atoms in total. The number of hydrogen-bond donors (Lipinski definition) is 1. The molecule has 0 spiro atoms. The van der Waals surface area contributed by atoms with E-state index in [2.05, 4.69) is 59.9 Å². The largest absolute Gasteiger partial charge is 0.493 e. The maximum Gasteiger partial charge on any atom is 0.162 e. The summed E-state index contributed by atoms with van der Waals surface area (Å²) >= 11 is 0. The standard InChI is InChI=1S/C31H31NO3/c1-33-30-19-26-15-16-32-29(28(26)20-31(30)35-22-24-11-6-3-7-12-24)18-25-13-8-14-27(17-25)34-21-23-9-4-2-5-10-23/h2-14,17,19-20,29,32H,15-16,18,21-22H2,1H3. The summed E-state index contributed by atoms with van der Waals surface area (Å²) in [6.45, 7) is 2.01. The highest BCUT2D eigenvalue weighted by Crippen LogP contribution is 2.37. The van der Waals surface area contributed by atoms with Gasteiger partial charge in [-0.25, -0.2) is 0 Å². The predicted octanol–water partition coefficient (Wildman–Crippen LogP) is 6.28. The molecule has 1 atom stereocenters. The molecule has 0 saturated carbocycles. The SMILES string of the molecule is COc1cc2c(cc1OCc1ccccc1)C(Cc1cccc(OCc3ccccc3)c1)NCC2. The van der Waals surface area contributed by atoms with Crippen molar-refractivity contribution >= 4 is 0 Å². The Balaban J connectivity index is 1.32. The molecule has 4 heteroatoms. The molecule has 0 radical (unpaired) electrons. The van der Waals surface area contributed by atoms with Crippen LogP contribution in [0.3, 0.4) is 0 Å². The summed E-state index contributed by atoms with van der Waals surface area (Å²) in [6, 6.07) is 33.4. The van der Waals surface area contributed by atoms with Crippen molar-refractivity contribution in [1.82, 2.24) is 5.32 Å². The molecule has 0 aliphatic carbocycles. The molecule has 1 unspecified atom stereocenters. The minimum Gasteiger partial charge on any atom is -0.493 e. The molecule has 4 aromatic rings. The molecule has 1 aliphatic rings. The average molecular weight is 466 g/mol. The number of nitrogens with one attached hydrogen (secondary N) is 1. The molecule has 5 rings (SSSR count). The maximum absolute atomic E-state index is 6.20. The molecule has 1 aliphatic heterocycles. The molecular weight excluding hydrogens is 434 g/mol. The van der Waals surface area contributed by atoms with Crippen LogP contribution in [0.15, 0.2) is 97.1 Å². The Bertz CT molecular complexity index is 1240. The molecule has 0 aromatic heterocycles. The van der Waals surface area contributed by atoms with Gasteiger partial charge in [0.05, 0.1) is 7.11 Å². The van der Waals surface area contributed by atoms with Crippen LogP contribution in [0.25, 0.3) is 0 Å². The van der Waals surface area contributed by atoms with Crippen molar-refractivity contribution in [2.24, 2.45) is 0 Å². The minimum atomic E-state index is 0.202. The van der Waals surface area contributed by atoms with Gasteiger partial charge in [-0.05, 0) is 71.5 Å². The van der Waals surface area contributed by atoms with Crippen LogP contribution in [0.1, 0.15) is 33.9 Å². The molecule has 178 valence electrons. The van der Waals surface area contributed by atoms with E-state index in [1.165, 1.54) is 16.7 Å². The van der Waals surface area contributed by atoms with Crippen LogP contribution in [0, 0.1) is 0 Å². The molecule has 0 amide bonds. The molecule has 1 heterocycles. The van der Waals surface area contributed by atoms with Gasteiger partial charge in [-0.3, -0.25) is 0 Å². The number of ether oxygens (including phenoxy) is 3. The van der Waals surface area contributed by atoms with E-state index in [9.17, 15) is 0 Å². The van der Waals surface area contributed by atoms with Crippen molar-refractivity contribution in [3.8, 4) is 17.2 Å². The van der Waals surface area contributed by atoms with Crippen molar-refractivity contribution < 1.29 is 14.2 Å². The van der Waals surface area contributed by atoms with Gasteiger partial charge in [-0.2, -0.15) is 0 Å². The van der Waals surface area contributed by atoms with Crippen LogP contribution in [0.2, 0.25) is 0 Å². The van der Waals surface area contributed by atoms with Gasteiger partial charge in [-0.1, -0.05) is 72.8 Å². The lowest BCUT2D eigenvalue weighted by molar-refractivity contribution is 0.283. The van der Waals surface area contributed by atoms with Gasteiger partial charge in [-0.15, -0.1) is 0 Å². The number of methoxy groups -OCH3 is 1. The van der Waals surface area contributed by atoms with Gasteiger partial charge in [0.15, 0.2) is 11.5 Å². The summed E-state index contributed by atoms with van der Waals surface area (Å²) in [7, 11) is 1.70. The maximum atomic E-state index is 6.20. The lowest BCUT2D eigenvalue weighted by atomic mass is 9.90. The fraction of sp³-hybridized carbons (Fsp3) is 0.226. The summed E-state index contributed by atoms with van der Waals surface area (Å²) in [5.74, 6) is 2.46. The molecule has 0 fully saturated rings. The normalized spacial score (nSPS) is 14.7. The lowest BCUT2D eigenvalue weighted by Gasteiger charge is -2.28. The highest BCUT2D eigenvalue weighted by atomic mass is 16.5. The van der Waals surface area contributed by atoms with Gasteiger partial charge in [0.25, 0.3) is 0 Å². The van der Waals surface area contributed by atoms with Gasteiger partial charge in [0.2, 0.25) is 0 Å². The van der Waals surface area contributed by atoms with Gasteiger partial charge in [0, 0.05) is 6.04 Å². The Morgan fingerprint density at radius 3 is 2.11 bits per heavy atom. The Morgan fingerprint density at radius 1 is 0.714 bits per heavy atom. The second-order valence-electron chi connectivity index (χ2n) is 8.86. The topological polar surface area (TPSA) is 39.7 Å². The fourth-order valence-corrected chi connectivity index (χ4v) is 4.58. The Morgan fingerprint density at radius 2 is 1.40 bits per heavy atom. The highest BCUT2D eigenvalue weighted by molar-refractivity contribution is 5.50. The second-order valence-corrected chi connectivity index (χ2v) is 8.86. The molecular formula is C31H31NO3. The third kappa shape index (κ3) is 5.84. The fourth-order valence-electron chi connectivity index (χ4n) is 4.58. The number of hydrogen-bond acceptors (Lipinski definition) is 4. The number of benzene rings is 4. The summed E-state index contributed by atoms with van der Waals surface area (Å²) in [4.78, 5) is 0. The van der Waals surface area contributed by atoms with Gasteiger partial charge >= 0.3 is 0 Å². The summed E-state index contributed by atoms with van der Waals surface area (Å²) in [5, 5.41) is 3.70. The van der Waals surface area contributed by atoms with E-state index >= 15 is 0 Å². The van der Waals surface area contributed by atoms with Crippen molar-refractivity contribution in [3.63, 3.8) is 0 Å². The van der Waals surface area contributed by atoms with Crippen LogP contribution in [-0.2, 0) is 26.1 Å². The van der Waals surface area contributed by atoms with Gasteiger partial charge in [0.1, 0.15) is 19.0 Å². The first-order valence-corrected chi connectivity index (χ1v) is 12.1.